The van der Waals surface area contributed by atoms with Gasteiger partial charge in [-0.2, -0.15) is 11.3 Å². The number of hydrogen-bond acceptors (Lipinski definition) is 3. The molecule has 17 heavy (non-hydrogen) atoms. The van der Waals surface area contributed by atoms with Crippen LogP contribution in [0, 0.1) is 12.7 Å². The van der Waals surface area contributed by atoms with E-state index in [2.05, 4.69) is 23.0 Å². The van der Waals surface area contributed by atoms with Gasteiger partial charge in [0.1, 0.15) is 5.82 Å². The van der Waals surface area contributed by atoms with Crippen LogP contribution in [0.25, 0.3) is 0 Å². The fourth-order valence-electron chi connectivity index (χ4n) is 1.59. The summed E-state index contributed by atoms with van der Waals surface area (Å²) in [5.41, 5.74) is 9.12. The molecule has 2 nitrogen and oxygen atoms in total. The van der Waals surface area contributed by atoms with Crippen LogP contribution in [0.3, 0.4) is 0 Å². The second kappa shape index (κ2) is 5.29. The van der Waals surface area contributed by atoms with Crippen LogP contribution in [0.15, 0.2) is 29.0 Å². The Morgan fingerprint density at radius 1 is 1.29 bits per heavy atom. The molecule has 0 saturated carbocycles. The first kappa shape index (κ1) is 12.1. The summed E-state index contributed by atoms with van der Waals surface area (Å²) >= 11 is 1.70. The molecule has 2 aromatic rings. The van der Waals surface area contributed by atoms with Crippen molar-refractivity contribution in [3.8, 4) is 0 Å². The van der Waals surface area contributed by atoms with Gasteiger partial charge in [0, 0.05) is 13.1 Å². The third-order valence-corrected chi connectivity index (χ3v) is 3.58. The van der Waals surface area contributed by atoms with Crippen molar-refractivity contribution in [2.24, 2.45) is 0 Å². The molecule has 0 spiro atoms. The molecule has 0 fully saturated rings. The van der Waals surface area contributed by atoms with Crippen molar-refractivity contribution in [2.45, 2.75) is 20.0 Å². The molecule has 0 aliphatic heterocycles. The zero-order valence-electron chi connectivity index (χ0n) is 9.66. The maximum atomic E-state index is 13.2. The van der Waals surface area contributed by atoms with Gasteiger partial charge in [0.25, 0.3) is 0 Å². The maximum Gasteiger partial charge on any atom is 0.146 e. The summed E-state index contributed by atoms with van der Waals surface area (Å²) < 4.78 is 13.2. The highest BCUT2D eigenvalue weighted by molar-refractivity contribution is 7.08. The Bertz CT molecular complexity index is 508. The molecule has 1 aromatic heterocycles. The van der Waals surface area contributed by atoms with Crippen LogP contribution < -0.4 is 11.1 Å². The fourth-order valence-corrected chi connectivity index (χ4v) is 2.45. The number of nitrogens with one attached hydrogen (secondary N) is 1. The Kier molecular flexibility index (Phi) is 3.76. The van der Waals surface area contributed by atoms with Crippen LogP contribution in [0.5, 0.6) is 0 Å². The van der Waals surface area contributed by atoms with E-state index in [0.717, 1.165) is 12.1 Å². The molecule has 90 valence electrons. The lowest BCUT2D eigenvalue weighted by molar-refractivity contribution is 0.624. The number of benzene rings is 1. The SMILES string of the molecule is Cc1cscc1CNCc1ccc(N)c(F)c1. The van der Waals surface area contributed by atoms with Gasteiger partial charge in [-0.05, 0) is 46.5 Å². The van der Waals surface area contributed by atoms with E-state index in [4.69, 9.17) is 5.73 Å². The number of aryl methyl sites for hydroxylation is 1. The normalized spacial score (nSPS) is 10.7. The third kappa shape index (κ3) is 3.05. The van der Waals surface area contributed by atoms with Gasteiger partial charge < -0.3 is 11.1 Å². The fraction of sp³-hybridized carbons (Fsp3) is 0.231. The highest BCUT2D eigenvalue weighted by Gasteiger charge is 2.01. The molecule has 0 unspecified atom stereocenters. The van der Waals surface area contributed by atoms with Gasteiger partial charge in [-0.1, -0.05) is 6.07 Å². The zero-order chi connectivity index (χ0) is 12.3. The van der Waals surface area contributed by atoms with Crippen LogP contribution in [0.4, 0.5) is 10.1 Å². The molecule has 0 radical (unpaired) electrons. The number of nitrogen functional groups attached to an aromatic ring is 1. The Labute approximate surface area is 104 Å². The van der Waals surface area contributed by atoms with E-state index in [1.54, 1.807) is 17.4 Å². The standard InChI is InChI=1S/C13H15FN2S/c1-9-7-17-8-11(9)6-16-5-10-2-3-13(15)12(14)4-10/h2-4,7-8,16H,5-6,15H2,1H3. The van der Waals surface area contributed by atoms with E-state index < -0.39 is 0 Å². The maximum absolute atomic E-state index is 13.2. The van der Waals surface area contributed by atoms with Crippen LogP contribution >= 0.6 is 11.3 Å². The average Bonchev–Trinajstić information content (AvgIpc) is 2.70. The lowest BCUT2D eigenvalue weighted by Crippen LogP contribution is -2.13. The number of halogens is 1. The van der Waals surface area contributed by atoms with Crippen LogP contribution in [-0.2, 0) is 13.1 Å². The van der Waals surface area contributed by atoms with Gasteiger partial charge in [0.15, 0.2) is 0 Å². The van der Waals surface area contributed by atoms with Crippen LogP contribution in [0.1, 0.15) is 16.7 Å². The first-order chi connectivity index (χ1) is 8.16. The molecule has 4 heteroatoms. The number of thiophene rings is 1. The average molecular weight is 250 g/mol. The van der Waals surface area contributed by atoms with Gasteiger partial charge in [0.2, 0.25) is 0 Å². The summed E-state index contributed by atoms with van der Waals surface area (Å²) in [5.74, 6) is -0.351. The predicted octanol–water partition coefficient (Wildman–Crippen LogP) is 3.07. The van der Waals surface area contributed by atoms with Gasteiger partial charge in [-0.3, -0.25) is 0 Å². The van der Waals surface area contributed by atoms with Crippen molar-refractivity contribution in [3.63, 3.8) is 0 Å². The van der Waals surface area contributed by atoms with Crippen molar-refractivity contribution >= 4 is 17.0 Å². The van der Waals surface area contributed by atoms with E-state index in [9.17, 15) is 4.39 Å². The number of anilines is 1. The van der Waals surface area contributed by atoms with Gasteiger partial charge in [0.05, 0.1) is 5.69 Å². The number of nitrogens with two attached hydrogens (primary N) is 1. The van der Waals surface area contributed by atoms with Crippen molar-refractivity contribution < 1.29 is 4.39 Å². The molecule has 1 aromatic carbocycles. The summed E-state index contributed by atoms with van der Waals surface area (Å²) in [7, 11) is 0. The molecular weight excluding hydrogens is 235 g/mol. The third-order valence-electron chi connectivity index (χ3n) is 2.67. The van der Waals surface area contributed by atoms with Crippen LogP contribution in [0.2, 0.25) is 0 Å². The first-order valence-corrected chi connectivity index (χ1v) is 6.37. The van der Waals surface area contributed by atoms with Gasteiger partial charge in [-0.15, -0.1) is 0 Å². The monoisotopic (exact) mass is 250 g/mol. The molecule has 0 saturated heterocycles. The second-order valence-corrected chi connectivity index (χ2v) is 4.78. The minimum absolute atomic E-state index is 0.197. The lowest BCUT2D eigenvalue weighted by atomic mass is 10.2. The van der Waals surface area contributed by atoms with E-state index >= 15 is 0 Å². The highest BCUT2D eigenvalue weighted by Crippen LogP contribution is 2.14. The van der Waals surface area contributed by atoms with Crippen molar-refractivity contribution in [1.29, 1.82) is 0 Å². The van der Waals surface area contributed by atoms with E-state index in [-0.39, 0.29) is 11.5 Å². The molecule has 0 amide bonds. The predicted molar refractivity (Wildman–Crippen MR) is 70.4 cm³/mol. The van der Waals surface area contributed by atoms with Crippen molar-refractivity contribution in [2.75, 3.05) is 5.73 Å². The van der Waals surface area contributed by atoms with Gasteiger partial charge in [-0.25, -0.2) is 4.39 Å². The van der Waals surface area contributed by atoms with E-state index in [1.165, 1.54) is 17.2 Å². The Hall–Kier alpha value is -1.39. The summed E-state index contributed by atoms with van der Waals surface area (Å²) in [6, 6.07) is 4.91. The smallest absolute Gasteiger partial charge is 0.146 e. The molecule has 0 atom stereocenters. The Morgan fingerprint density at radius 2 is 2.12 bits per heavy atom. The molecule has 0 aliphatic rings. The van der Waals surface area contributed by atoms with E-state index in [0.29, 0.717) is 6.54 Å². The quantitative estimate of drug-likeness (QED) is 0.818. The number of hydrogen-bond donors (Lipinski definition) is 2. The summed E-state index contributed by atoms with van der Waals surface area (Å²) in [5, 5.41) is 7.55. The molecule has 2 rings (SSSR count). The Morgan fingerprint density at radius 3 is 2.76 bits per heavy atom. The number of rotatable bonds is 4. The molecule has 1 heterocycles. The van der Waals surface area contributed by atoms with Gasteiger partial charge >= 0.3 is 0 Å². The van der Waals surface area contributed by atoms with Crippen molar-refractivity contribution in [3.05, 3.63) is 51.5 Å². The topological polar surface area (TPSA) is 38.0 Å². The summed E-state index contributed by atoms with van der Waals surface area (Å²) in [6.07, 6.45) is 0. The largest absolute Gasteiger partial charge is 0.396 e. The lowest BCUT2D eigenvalue weighted by Gasteiger charge is -2.06. The summed E-state index contributed by atoms with van der Waals surface area (Å²) in [6.45, 7) is 3.55. The molecular formula is C13H15FN2S. The van der Waals surface area contributed by atoms with Crippen LogP contribution in [-0.4, -0.2) is 0 Å². The minimum Gasteiger partial charge on any atom is -0.396 e. The molecule has 0 aliphatic carbocycles. The first-order valence-electron chi connectivity index (χ1n) is 5.43. The second-order valence-electron chi connectivity index (χ2n) is 4.04. The van der Waals surface area contributed by atoms with Crippen molar-refractivity contribution in [1.82, 2.24) is 5.32 Å². The molecule has 3 N–H and O–H groups in total. The van der Waals surface area contributed by atoms with E-state index in [1.807, 2.05) is 6.07 Å². The zero-order valence-corrected chi connectivity index (χ0v) is 10.5. The molecule has 0 bridgehead atoms. The summed E-state index contributed by atoms with van der Waals surface area (Å²) in [4.78, 5) is 0. The minimum atomic E-state index is -0.351. The highest BCUT2D eigenvalue weighted by atomic mass is 32.1. The Balaban J connectivity index is 1.90.